The van der Waals surface area contributed by atoms with Crippen molar-refractivity contribution in [3.05, 3.63) is 12.2 Å². The number of nitrogens with one attached hydrogen (secondary N) is 1. The van der Waals surface area contributed by atoms with E-state index in [1.807, 2.05) is 0 Å². The van der Waals surface area contributed by atoms with Gasteiger partial charge in [-0.15, -0.1) is 0 Å². The second-order valence-electron chi connectivity index (χ2n) is 16.9. The Labute approximate surface area is 333 Å². The lowest BCUT2D eigenvalue weighted by Crippen LogP contribution is -2.45. The second-order valence-corrected chi connectivity index (χ2v) is 16.9. The number of allylic oxidation sites excluding steroid dienone is 2. The van der Waals surface area contributed by atoms with E-state index in [2.05, 4.69) is 31.3 Å². The van der Waals surface area contributed by atoms with E-state index in [4.69, 9.17) is 0 Å². The van der Waals surface area contributed by atoms with Gasteiger partial charge in [-0.1, -0.05) is 244 Å². The lowest BCUT2D eigenvalue weighted by Gasteiger charge is -2.22. The minimum Gasteiger partial charge on any atom is -0.394 e. The molecule has 0 aliphatic carbocycles. The van der Waals surface area contributed by atoms with Crippen LogP contribution in [-0.4, -0.2) is 34.9 Å². The predicted molar refractivity (Wildman–Crippen MR) is 235 cm³/mol. The molecular weight excluding hydrogens is 651 g/mol. The van der Waals surface area contributed by atoms with Crippen LogP contribution in [0.25, 0.3) is 0 Å². The molecule has 0 aromatic heterocycles. The van der Waals surface area contributed by atoms with Gasteiger partial charge in [0.2, 0.25) is 5.91 Å². The molecule has 0 bridgehead atoms. The molecule has 1 amide bonds. The van der Waals surface area contributed by atoms with Crippen LogP contribution >= 0.6 is 0 Å². The molecule has 0 aromatic rings. The summed E-state index contributed by atoms with van der Waals surface area (Å²) in [6.45, 7) is 4.38. The Hall–Kier alpha value is -0.870. The number of carbonyl (C=O) groups excluding carboxylic acids is 1. The first kappa shape index (κ1) is 52.1. The summed E-state index contributed by atoms with van der Waals surface area (Å²) in [7, 11) is 0. The third kappa shape index (κ3) is 42.1. The number of hydrogen-bond acceptors (Lipinski definition) is 3. The zero-order chi connectivity index (χ0) is 38.6. The highest BCUT2D eigenvalue weighted by Gasteiger charge is 2.20. The van der Waals surface area contributed by atoms with Crippen molar-refractivity contribution in [2.45, 2.75) is 289 Å². The zero-order valence-electron chi connectivity index (χ0n) is 36.3. The number of amides is 1. The number of hydrogen-bond donors (Lipinski definition) is 3. The van der Waals surface area contributed by atoms with Gasteiger partial charge in [0.05, 0.1) is 18.8 Å². The number of rotatable bonds is 45. The van der Waals surface area contributed by atoms with Crippen molar-refractivity contribution >= 4 is 5.91 Å². The Morgan fingerprint density at radius 2 is 0.717 bits per heavy atom. The zero-order valence-corrected chi connectivity index (χ0v) is 36.3. The third-order valence-corrected chi connectivity index (χ3v) is 11.5. The van der Waals surface area contributed by atoms with Crippen molar-refractivity contribution in [2.24, 2.45) is 0 Å². The van der Waals surface area contributed by atoms with Crippen molar-refractivity contribution in [3.8, 4) is 0 Å². The lowest BCUT2D eigenvalue weighted by atomic mass is 10.0. The molecule has 0 radical (unpaired) electrons. The first-order chi connectivity index (χ1) is 26.2. The summed E-state index contributed by atoms with van der Waals surface area (Å²) in [5.74, 6) is -0.0294. The Bertz CT molecular complexity index is 725. The van der Waals surface area contributed by atoms with Crippen LogP contribution in [0.15, 0.2) is 12.2 Å². The van der Waals surface area contributed by atoms with Gasteiger partial charge in [0, 0.05) is 6.42 Å². The molecule has 2 unspecified atom stereocenters. The molecule has 316 valence electrons. The summed E-state index contributed by atoms with van der Waals surface area (Å²) >= 11 is 0. The Balaban J connectivity index is 3.46. The highest BCUT2D eigenvalue weighted by molar-refractivity contribution is 5.76. The van der Waals surface area contributed by atoms with Gasteiger partial charge in [0.25, 0.3) is 0 Å². The van der Waals surface area contributed by atoms with Crippen LogP contribution < -0.4 is 5.32 Å². The van der Waals surface area contributed by atoms with E-state index in [-0.39, 0.29) is 12.5 Å². The number of aliphatic hydroxyl groups is 2. The molecule has 0 saturated carbocycles. The van der Waals surface area contributed by atoms with Gasteiger partial charge in [-0.2, -0.15) is 0 Å². The van der Waals surface area contributed by atoms with Crippen LogP contribution in [0.4, 0.5) is 0 Å². The molecule has 0 heterocycles. The summed E-state index contributed by atoms with van der Waals surface area (Å²) in [6.07, 6.45) is 57.4. The van der Waals surface area contributed by atoms with E-state index in [9.17, 15) is 15.0 Å². The van der Waals surface area contributed by atoms with Crippen molar-refractivity contribution in [3.63, 3.8) is 0 Å². The first-order valence-corrected chi connectivity index (χ1v) is 24.4. The molecule has 0 aliphatic rings. The maximum absolute atomic E-state index is 12.4. The molecule has 4 nitrogen and oxygen atoms in total. The molecular formula is C49H97NO3. The maximum Gasteiger partial charge on any atom is 0.220 e. The van der Waals surface area contributed by atoms with E-state index in [0.29, 0.717) is 12.8 Å². The average Bonchev–Trinajstić information content (AvgIpc) is 3.16. The fraction of sp³-hybridized carbons (Fsp3) is 0.939. The number of unbranched alkanes of at least 4 members (excludes halogenated alkanes) is 36. The van der Waals surface area contributed by atoms with Crippen LogP contribution in [-0.2, 0) is 4.79 Å². The summed E-state index contributed by atoms with van der Waals surface area (Å²) in [5, 5.41) is 23.2. The Morgan fingerprint density at radius 3 is 1.04 bits per heavy atom. The molecule has 0 fully saturated rings. The Morgan fingerprint density at radius 1 is 0.434 bits per heavy atom. The van der Waals surface area contributed by atoms with Crippen LogP contribution in [0.5, 0.6) is 0 Å². The lowest BCUT2D eigenvalue weighted by molar-refractivity contribution is -0.123. The molecule has 53 heavy (non-hydrogen) atoms. The summed E-state index contributed by atoms with van der Waals surface area (Å²) in [5.41, 5.74) is 0. The molecule has 0 spiro atoms. The fourth-order valence-corrected chi connectivity index (χ4v) is 7.77. The second kappa shape index (κ2) is 45.5. The highest BCUT2D eigenvalue weighted by Crippen LogP contribution is 2.17. The molecule has 3 N–H and O–H groups in total. The molecule has 0 rings (SSSR count). The van der Waals surface area contributed by atoms with E-state index in [0.717, 1.165) is 25.7 Å². The normalized spacial score (nSPS) is 12.9. The number of carbonyl (C=O) groups is 1. The molecule has 0 saturated heterocycles. The van der Waals surface area contributed by atoms with Gasteiger partial charge in [-0.05, 0) is 38.5 Å². The minimum absolute atomic E-state index is 0.0294. The van der Waals surface area contributed by atoms with Crippen LogP contribution in [0.1, 0.15) is 277 Å². The summed E-state index contributed by atoms with van der Waals surface area (Å²) in [4.78, 5) is 12.4. The van der Waals surface area contributed by atoms with Crippen LogP contribution in [0.3, 0.4) is 0 Å². The van der Waals surface area contributed by atoms with Crippen molar-refractivity contribution in [2.75, 3.05) is 6.61 Å². The monoisotopic (exact) mass is 748 g/mol. The van der Waals surface area contributed by atoms with Crippen molar-refractivity contribution in [1.29, 1.82) is 0 Å². The summed E-state index contributed by atoms with van der Waals surface area (Å²) < 4.78 is 0. The van der Waals surface area contributed by atoms with E-state index in [1.54, 1.807) is 0 Å². The topological polar surface area (TPSA) is 69.6 Å². The highest BCUT2D eigenvalue weighted by atomic mass is 16.3. The first-order valence-electron chi connectivity index (χ1n) is 24.4. The van der Waals surface area contributed by atoms with Crippen LogP contribution in [0.2, 0.25) is 0 Å². The van der Waals surface area contributed by atoms with Gasteiger partial charge < -0.3 is 15.5 Å². The quantitative estimate of drug-likeness (QED) is 0.0429. The van der Waals surface area contributed by atoms with Gasteiger partial charge >= 0.3 is 0 Å². The fourth-order valence-electron chi connectivity index (χ4n) is 7.77. The summed E-state index contributed by atoms with van der Waals surface area (Å²) in [6, 6.07) is -0.534. The van der Waals surface area contributed by atoms with Crippen LogP contribution in [0, 0.1) is 0 Å². The molecule has 4 heteroatoms. The molecule has 0 aliphatic heterocycles. The number of aliphatic hydroxyl groups excluding tert-OH is 2. The smallest absolute Gasteiger partial charge is 0.220 e. The average molecular weight is 748 g/mol. The van der Waals surface area contributed by atoms with E-state index in [1.165, 1.54) is 225 Å². The van der Waals surface area contributed by atoms with E-state index >= 15 is 0 Å². The predicted octanol–water partition coefficient (Wildman–Crippen LogP) is 15.4. The largest absolute Gasteiger partial charge is 0.394 e. The minimum atomic E-state index is -0.657. The molecule has 2 atom stereocenters. The van der Waals surface area contributed by atoms with Crippen molar-refractivity contribution < 1.29 is 15.0 Å². The van der Waals surface area contributed by atoms with Gasteiger partial charge in [-0.25, -0.2) is 0 Å². The van der Waals surface area contributed by atoms with Gasteiger partial charge in [0.15, 0.2) is 0 Å². The SMILES string of the molecule is CCCCCCCCCCCCCC/C=C\CCCCCCCCCCCC(=O)NC(CO)C(O)CCCCCCCCCCCCCCCCCC. The molecule has 0 aromatic carbocycles. The van der Waals surface area contributed by atoms with Crippen molar-refractivity contribution in [1.82, 2.24) is 5.32 Å². The third-order valence-electron chi connectivity index (χ3n) is 11.5. The van der Waals surface area contributed by atoms with Gasteiger partial charge in [0.1, 0.15) is 0 Å². The van der Waals surface area contributed by atoms with Gasteiger partial charge in [-0.3, -0.25) is 4.79 Å². The van der Waals surface area contributed by atoms with E-state index < -0.39 is 12.1 Å². The Kier molecular flexibility index (Phi) is 44.8. The standard InChI is InChI=1S/C49H97NO3/c1-3-5-7-9-11-13-15-17-19-21-22-23-24-25-26-27-28-29-31-33-35-37-39-41-43-45-49(53)50-47(46-51)48(52)44-42-40-38-36-34-32-30-20-18-16-14-12-10-8-6-4-2/h25-26,47-48,51-52H,3-24,27-46H2,1-2H3,(H,50,53)/b26-25-. The maximum atomic E-state index is 12.4.